The summed E-state index contributed by atoms with van der Waals surface area (Å²) >= 11 is 0. The fourth-order valence-electron chi connectivity index (χ4n) is 4.87. The van der Waals surface area contributed by atoms with Crippen LogP contribution < -0.4 is 0 Å². The molecule has 1 atom stereocenters. The van der Waals surface area contributed by atoms with E-state index in [9.17, 15) is 18.7 Å². The van der Waals surface area contributed by atoms with Crippen molar-refractivity contribution in [1.29, 1.82) is 0 Å². The summed E-state index contributed by atoms with van der Waals surface area (Å²) in [6.45, 7) is 3.51. The van der Waals surface area contributed by atoms with Crippen LogP contribution in [0.25, 0.3) is 0 Å². The number of unbranched alkanes of at least 4 members (excludes halogenated alkanes) is 7. The maximum atomic E-state index is 14.6. The van der Waals surface area contributed by atoms with Crippen LogP contribution in [0.2, 0.25) is 0 Å². The Bertz CT molecular complexity index is 920. The van der Waals surface area contributed by atoms with Crippen molar-refractivity contribution in [3.8, 4) is 0 Å². The number of aliphatic hydroxyl groups is 1. The van der Waals surface area contributed by atoms with Gasteiger partial charge in [0.1, 0.15) is 36.0 Å². The highest BCUT2D eigenvalue weighted by Crippen LogP contribution is 2.29. The van der Waals surface area contributed by atoms with E-state index in [1.807, 2.05) is 4.90 Å². The number of likely N-dealkylation sites (tertiary alicyclic amines) is 1. The predicted octanol–water partition coefficient (Wildman–Crippen LogP) is 4.98. The van der Waals surface area contributed by atoms with Crippen LogP contribution in [0, 0.1) is 11.6 Å². The minimum Gasteiger partial charge on any atom is -0.462 e. The molecule has 2 aromatic rings. The molecule has 1 unspecified atom stereocenters. The van der Waals surface area contributed by atoms with E-state index >= 15 is 0 Å². The van der Waals surface area contributed by atoms with Crippen molar-refractivity contribution in [2.24, 2.45) is 0 Å². The molecule has 1 aliphatic heterocycles. The highest BCUT2D eigenvalue weighted by Gasteiger charge is 2.37. The minimum absolute atomic E-state index is 0.0123. The van der Waals surface area contributed by atoms with E-state index in [4.69, 9.17) is 4.74 Å². The Kier molecular flexibility index (Phi) is 11.3. The van der Waals surface area contributed by atoms with Gasteiger partial charge in [-0.1, -0.05) is 57.9 Å². The second-order valence-electron chi connectivity index (χ2n) is 9.94. The molecule has 1 aliphatic rings. The van der Waals surface area contributed by atoms with Crippen molar-refractivity contribution in [2.75, 3.05) is 19.6 Å². The van der Waals surface area contributed by atoms with Crippen LogP contribution in [0.5, 0.6) is 0 Å². The summed E-state index contributed by atoms with van der Waals surface area (Å²) < 4.78 is 35.2. The first kappa shape index (κ1) is 28.2. The maximum absolute atomic E-state index is 14.6. The van der Waals surface area contributed by atoms with Gasteiger partial charge in [0.2, 0.25) is 0 Å². The summed E-state index contributed by atoms with van der Waals surface area (Å²) in [4.78, 5) is 18.2. The number of halogens is 2. The SMILES string of the molecule is CCCCCCCCCCC(=O)OC1CCN(CC(O)(Cn2cncn2)c2ccc(F)cc2F)CC1. The second-order valence-corrected chi connectivity index (χ2v) is 9.94. The van der Waals surface area contributed by atoms with Gasteiger partial charge in [0.05, 0.1) is 6.54 Å². The molecule has 3 rings (SSSR count). The van der Waals surface area contributed by atoms with Crippen LogP contribution in [0.1, 0.15) is 83.1 Å². The molecule has 0 radical (unpaired) electrons. The van der Waals surface area contributed by atoms with E-state index in [-0.39, 0.29) is 30.7 Å². The number of piperidine rings is 1. The molecular weight excluding hydrogens is 466 g/mol. The van der Waals surface area contributed by atoms with E-state index in [1.165, 1.54) is 61.9 Å². The Labute approximate surface area is 212 Å². The van der Waals surface area contributed by atoms with Gasteiger partial charge in [0.25, 0.3) is 0 Å². The predicted molar refractivity (Wildman–Crippen MR) is 133 cm³/mol. The van der Waals surface area contributed by atoms with Gasteiger partial charge in [-0.15, -0.1) is 0 Å². The zero-order chi connectivity index (χ0) is 25.8. The van der Waals surface area contributed by atoms with Crippen LogP contribution in [-0.2, 0) is 21.7 Å². The van der Waals surface area contributed by atoms with Crippen molar-refractivity contribution in [3.63, 3.8) is 0 Å². The lowest BCUT2D eigenvalue weighted by Gasteiger charge is -2.38. The normalized spacial score (nSPS) is 16.7. The van der Waals surface area contributed by atoms with E-state index < -0.39 is 17.2 Å². The third-order valence-corrected chi connectivity index (χ3v) is 6.87. The summed E-state index contributed by atoms with van der Waals surface area (Å²) in [6, 6.07) is 3.20. The van der Waals surface area contributed by atoms with Crippen LogP contribution in [0.4, 0.5) is 8.78 Å². The Morgan fingerprint density at radius 3 is 2.42 bits per heavy atom. The van der Waals surface area contributed by atoms with Crippen LogP contribution >= 0.6 is 0 Å². The number of ether oxygens (including phenoxy) is 1. The molecule has 2 heterocycles. The average Bonchev–Trinajstić information content (AvgIpc) is 3.34. The Balaban J connectivity index is 1.44. The molecule has 200 valence electrons. The van der Waals surface area contributed by atoms with Crippen molar-refractivity contribution < 1.29 is 23.4 Å². The molecule has 1 N–H and O–H groups in total. The molecule has 1 saturated heterocycles. The van der Waals surface area contributed by atoms with Crippen molar-refractivity contribution in [1.82, 2.24) is 19.7 Å². The Morgan fingerprint density at radius 1 is 1.08 bits per heavy atom. The average molecular weight is 507 g/mol. The fraction of sp³-hybridized carbons (Fsp3) is 0.667. The lowest BCUT2D eigenvalue weighted by atomic mass is 9.91. The number of nitrogens with zero attached hydrogens (tertiary/aromatic N) is 4. The number of hydrogen-bond donors (Lipinski definition) is 1. The van der Waals surface area contributed by atoms with Gasteiger partial charge in [0, 0.05) is 37.7 Å². The first-order chi connectivity index (χ1) is 17.4. The van der Waals surface area contributed by atoms with Crippen LogP contribution in [0.3, 0.4) is 0 Å². The monoisotopic (exact) mass is 506 g/mol. The number of hydrogen-bond acceptors (Lipinski definition) is 6. The number of aromatic nitrogens is 3. The van der Waals surface area contributed by atoms with E-state index in [2.05, 4.69) is 17.0 Å². The summed E-state index contributed by atoms with van der Waals surface area (Å²) in [5.41, 5.74) is -1.62. The molecule has 36 heavy (non-hydrogen) atoms. The number of benzene rings is 1. The van der Waals surface area contributed by atoms with E-state index in [1.54, 1.807) is 0 Å². The van der Waals surface area contributed by atoms with Gasteiger partial charge in [-0.25, -0.2) is 18.4 Å². The van der Waals surface area contributed by atoms with Gasteiger partial charge in [0.15, 0.2) is 0 Å². The summed E-state index contributed by atoms with van der Waals surface area (Å²) in [7, 11) is 0. The molecule has 0 amide bonds. The van der Waals surface area contributed by atoms with Crippen LogP contribution in [-0.4, -0.2) is 56.5 Å². The zero-order valence-electron chi connectivity index (χ0n) is 21.4. The molecule has 0 saturated carbocycles. The highest BCUT2D eigenvalue weighted by atomic mass is 19.1. The van der Waals surface area contributed by atoms with Gasteiger partial charge < -0.3 is 9.84 Å². The lowest BCUT2D eigenvalue weighted by molar-refractivity contribution is -0.152. The fourth-order valence-corrected chi connectivity index (χ4v) is 4.87. The minimum atomic E-state index is -1.63. The molecule has 1 aromatic carbocycles. The molecule has 1 aromatic heterocycles. The van der Waals surface area contributed by atoms with Gasteiger partial charge in [-0.05, 0) is 25.3 Å². The zero-order valence-corrected chi connectivity index (χ0v) is 21.4. The molecular formula is C27H40F2N4O3. The van der Waals surface area contributed by atoms with Crippen molar-refractivity contribution in [3.05, 3.63) is 48.1 Å². The number of carbonyl (C=O) groups is 1. The largest absolute Gasteiger partial charge is 0.462 e. The first-order valence-corrected chi connectivity index (χ1v) is 13.3. The first-order valence-electron chi connectivity index (χ1n) is 13.3. The topological polar surface area (TPSA) is 80.5 Å². The Morgan fingerprint density at radius 2 is 1.78 bits per heavy atom. The third kappa shape index (κ3) is 8.92. The number of esters is 1. The Hall–Kier alpha value is -2.39. The lowest BCUT2D eigenvalue weighted by Crippen LogP contribution is -2.48. The van der Waals surface area contributed by atoms with E-state index in [0.29, 0.717) is 32.4 Å². The molecule has 0 bridgehead atoms. The van der Waals surface area contributed by atoms with Gasteiger partial charge in [-0.3, -0.25) is 9.69 Å². The van der Waals surface area contributed by atoms with Crippen molar-refractivity contribution in [2.45, 2.75) is 95.8 Å². The second kappa shape index (κ2) is 14.4. The molecule has 0 aliphatic carbocycles. The molecule has 7 nitrogen and oxygen atoms in total. The standard InChI is InChI=1S/C27H40F2N4O3/c1-2-3-4-5-6-7-8-9-10-26(34)36-23-13-15-32(16-14-23)18-27(35,19-33-21-30-20-31-33)24-12-11-22(28)17-25(24)29/h11-12,17,20-21,23,35H,2-10,13-16,18-19H2,1H3. The van der Waals surface area contributed by atoms with Crippen molar-refractivity contribution >= 4 is 5.97 Å². The van der Waals surface area contributed by atoms with Gasteiger partial charge >= 0.3 is 5.97 Å². The number of β-amino-alcohol motifs (C(OH)–C–C–N with tert-alkyl or cyclic N) is 1. The third-order valence-electron chi connectivity index (χ3n) is 6.87. The number of rotatable bonds is 15. The maximum Gasteiger partial charge on any atom is 0.306 e. The summed E-state index contributed by atoms with van der Waals surface area (Å²) in [5, 5.41) is 15.6. The van der Waals surface area contributed by atoms with E-state index in [0.717, 1.165) is 25.0 Å². The van der Waals surface area contributed by atoms with Crippen LogP contribution in [0.15, 0.2) is 30.9 Å². The smallest absolute Gasteiger partial charge is 0.306 e. The molecule has 1 fully saturated rings. The highest BCUT2D eigenvalue weighted by molar-refractivity contribution is 5.69. The quantitative estimate of drug-likeness (QED) is 0.271. The number of carbonyl (C=O) groups excluding carboxylic acids is 1. The summed E-state index contributed by atoms with van der Waals surface area (Å²) in [6.07, 6.45) is 13.9. The summed E-state index contributed by atoms with van der Waals surface area (Å²) in [5.74, 6) is -1.65. The molecule has 0 spiro atoms. The molecule has 9 heteroatoms. The van der Waals surface area contributed by atoms with Gasteiger partial charge in [-0.2, -0.15) is 5.10 Å².